The van der Waals surface area contributed by atoms with Crippen LogP contribution in [0.2, 0.25) is 10.0 Å². The van der Waals surface area contributed by atoms with E-state index in [-0.39, 0.29) is 24.0 Å². The number of aryl methyl sites for hydroxylation is 1. The topological polar surface area (TPSA) is 68.4 Å². The number of Topliss-reactive ketones (excluding diaryl/α,β-unsaturated/α-hetero) is 1. The number of halogens is 2. The van der Waals surface area contributed by atoms with Crippen molar-refractivity contribution in [3.63, 3.8) is 0 Å². The van der Waals surface area contributed by atoms with Crippen LogP contribution in [0.3, 0.4) is 0 Å². The Morgan fingerprint density at radius 1 is 1.11 bits per heavy atom. The molecule has 5 nitrogen and oxygen atoms in total. The number of rotatable bonds is 7. The first kappa shape index (κ1) is 19.3. The van der Waals surface area contributed by atoms with E-state index in [4.69, 9.17) is 32.7 Å². The molecule has 1 aromatic heterocycles. The molecule has 3 rings (SSSR count). The van der Waals surface area contributed by atoms with Crippen molar-refractivity contribution in [1.29, 1.82) is 0 Å². The molecule has 0 saturated heterocycles. The number of carbonyl (C=O) groups is 2. The van der Waals surface area contributed by atoms with Crippen molar-refractivity contribution in [2.45, 2.75) is 13.3 Å². The zero-order chi connectivity index (χ0) is 19.4. The highest BCUT2D eigenvalue weighted by Gasteiger charge is 2.16. The molecular weight excluding hydrogens is 389 g/mol. The molecule has 0 unspecified atom stereocenters. The van der Waals surface area contributed by atoms with Crippen LogP contribution in [0.4, 0.5) is 0 Å². The van der Waals surface area contributed by atoms with Crippen molar-refractivity contribution in [2.24, 2.45) is 0 Å². The predicted molar refractivity (Wildman–Crippen MR) is 105 cm³/mol. The average molecular weight is 406 g/mol. The Hall–Kier alpha value is -2.50. The number of carbonyl (C=O) groups excluding carboxylic acids is 2. The van der Waals surface area contributed by atoms with Crippen molar-refractivity contribution in [3.8, 4) is 5.75 Å². The molecular formula is C20H17Cl2NO4. The maximum absolute atomic E-state index is 12.4. The van der Waals surface area contributed by atoms with Gasteiger partial charge in [-0.2, -0.15) is 0 Å². The van der Waals surface area contributed by atoms with Crippen LogP contribution in [0.5, 0.6) is 5.75 Å². The Labute approximate surface area is 166 Å². The van der Waals surface area contributed by atoms with Gasteiger partial charge < -0.3 is 14.5 Å². The van der Waals surface area contributed by atoms with Crippen LogP contribution in [-0.4, -0.2) is 30.0 Å². The molecule has 0 amide bonds. The van der Waals surface area contributed by atoms with E-state index in [0.717, 1.165) is 22.9 Å². The number of fused-ring (bicyclic) bond motifs is 1. The number of hydrogen-bond donors (Lipinski definition) is 1. The smallest absolute Gasteiger partial charge is 0.344 e. The summed E-state index contributed by atoms with van der Waals surface area (Å²) in [6.07, 6.45) is 2.50. The zero-order valence-electron chi connectivity index (χ0n) is 14.6. The third-order valence-corrected chi connectivity index (χ3v) is 4.62. The molecule has 0 fully saturated rings. The molecule has 2 aromatic carbocycles. The fraction of sp³-hybridized carbons (Fsp3) is 0.200. The normalized spacial score (nSPS) is 10.8. The van der Waals surface area contributed by atoms with Gasteiger partial charge in [-0.15, -0.1) is 0 Å². The first-order valence-corrected chi connectivity index (χ1v) is 9.10. The molecule has 1 N–H and O–H groups in total. The first-order chi connectivity index (χ1) is 13.0. The van der Waals surface area contributed by atoms with E-state index in [2.05, 4.69) is 4.98 Å². The van der Waals surface area contributed by atoms with Gasteiger partial charge in [0, 0.05) is 27.7 Å². The Morgan fingerprint density at radius 3 is 2.67 bits per heavy atom. The van der Waals surface area contributed by atoms with Gasteiger partial charge in [0.15, 0.2) is 13.2 Å². The van der Waals surface area contributed by atoms with E-state index in [1.807, 2.05) is 25.1 Å². The summed E-state index contributed by atoms with van der Waals surface area (Å²) in [5.41, 5.74) is 2.54. The average Bonchev–Trinajstić information content (AvgIpc) is 3.09. The minimum Gasteiger partial charge on any atom is -0.480 e. The number of aromatic nitrogens is 1. The Kier molecular flexibility index (Phi) is 6.04. The Balaban J connectivity index is 1.58. The van der Waals surface area contributed by atoms with Crippen LogP contribution in [0, 0.1) is 0 Å². The summed E-state index contributed by atoms with van der Waals surface area (Å²) in [6.45, 7) is 1.33. The summed E-state index contributed by atoms with van der Waals surface area (Å²) in [7, 11) is 0. The second kappa shape index (κ2) is 8.46. The summed E-state index contributed by atoms with van der Waals surface area (Å²) >= 11 is 11.8. The lowest BCUT2D eigenvalue weighted by Crippen LogP contribution is -2.19. The van der Waals surface area contributed by atoms with Gasteiger partial charge >= 0.3 is 5.97 Å². The molecule has 7 heteroatoms. The van der Waals surface area contributed by atoms with E-state index < -0.39 is 5.97 Å². The molecule has 0 atom stereocenters. The summed E-state index contributed by atoms with van der Waals surface area (Å²) in [5.74, 6) is -0.635. The number of hydrogen-bond acceptors (Lipinski definition) is 4. The number of esters is 1. The van der Waals surface area contributed by atoms with Gasteiger partial charge in [-0.3, -0.25) is 4.79 Å². The lowest BCUT2D eigenvalue weighted by Gasteiger charge is -2.08. The fourth-order valence-corrected chi connectivity index (χ4v) is 3.20. The molecule has 1 heterocycles. The van der Waals surface area contributed by atoms with E-state index in [9.17, 15) is 9.59 Å². The maximum atomic E-state index is 12.4. The lowest BCUT2D eigenvalue weighted by molar-refractivity contribution is -0.144. The van der Waals surface area contributed by atoms with Gasteiger partial charge in [0.05, 0.1) is 5.02 Å². The number of aromatic amines is 1. The predicted octanol–water partition coefficient (Wildman–Crippen LogP) is 4.84. The van der Waals surface area contributed by atoms with E-state index in [1.54, 1.807) is 18.3 Å². The van der Waals surface area contributed by atoms with Crippen LogP contribution in [0.25, 0.3) is 10.9 Å². The molecule has 27 heavy (non-hydrogen) atoms. The highest BCUT2D eigenvalue weighted by atomic mass is 35.5. The highest BCUT2D eigenvalue weighted by molar-refractivity contribution is 6.35. The number of ketones is 1. The number of H-pyrrole nitrogens is 1. The van der Waals surface area contributed by atoms with E-state index >= 15 is 0 Å². The monoisotopic (exact) mass is 405 g/mol. The van der Waals surface area contributed by atoms with Crippen molar-refractivity contribution in [3.05, 3.63) is 63.8 Å². The quantitative estimate of drug-likeness (QED) is 0.450. The third-order valence-electron chi connectivity index (χ3n) is 4.09. The van der Waals surface area contributed by atoms with Crippen LogP contribution in [-0.2, 0) is 16.0 Å². The highest BCUT2D eigenvalue weighted by Crippen LogP contribution is 2.27. The van der Waals surface area contributed by atoms with Crippen LogP contribution in [0.1, 0.15) is 22.8 Å². The molecule has 0 bridgehead atoms. The van der Waals surface area contributed by atoms with Crippen LogP contribution < -0.4 is 4.74 Å². The molecule has 0 saturated carbocycles. The maximum Gasteiger partial charge on any atom is 0.344 e. The van der Waals surface area contributed by atoms with E-state index in [1.165, 1.54) is 6.07 Å². The summed E-state index contributed by atoms with van der Waals surface area (Å²) < 4.78 is 10.3. The minimum atomic E-state index is -0.663. The van der Waals surface area contributed by atoms with Crippen molar-refractivity contribution < 1.29 is 19.1 Å². The third kappa shape index (κ3) is 4.43. The van der Waals surface area contributed by atoms with Gasteiger partial charge in [0.25, 0.3) is 0 Å². The fourth-order valence-electron chi connectivity index (χ4n) is 2.74. The van der Waals surface area contributed by atoms with Gasteiger partial charge in [-0.25, -0.2) is 4.79 Å². The number of nitrogens with one attached hydrogen (secondary N) is 1. The van der Waals surface area contributed by atoms with Crippen LogP contribution >= 0.6 is 23.2 Å². The van der Waals surface area contributed by atoms with Gasteiger partial charge in [-0.05, 0) is 30.2 Å². The molecule has 0 aliphatic carbocycles. The summed E-state index contributed by atoms with van der Waals surface area (Å²) in [6, 6.07) is 10.4. The first-order valence-electron chi connectivity index (χ1n) is 8.35. The zero-order valence-corrected chi connectivity index (χ0v) is 16.1. The minimum absolute atomic E-state index is 0.285. The van der Waals surface area contributed by atoms with Gasteiger partial charge in [-0.1, -0.05) is 48.3 Å². The molecule has 0 aliphatic rings. The number of benzene rings is 2. The largest absolute Gasteiger partial charge is 0.480 e. The number of ether oxygens (including phenoxy) is 2. The molecule has 0 radical (unpaired) electrons. The standard InChI is InChI=1S/C20H17Cl2NO4/c1-2-12-4-3-5-14-15(9-23-20(12)14)17(24)10-27-19(25)11-26-18-7-6-13(21)8-16(18)22/h3-9,23H,2,10-11H2,1H3. The Bertz CT molecular complexity index is 997. The Morgan fingerprint density at radius 2 is 1.93 bits per heavy atom. The van der Waals surface area contributed by atoms with Gasteiger partial charge in [0.1, 0.15) is 5.75 Å². The number of para-hydroxylation sites is 1. The van der Waals surface area contributed by atoms with E-state index in [0.29, 0.717) is 16.3 Å². The van der Waals surface area contributed by atoms with Crippen molar-refractivity contribution in [2.75, 3.05) is 13.2 Å². The second-order valence-corrected chi connectivity index (χ2v) is 6.69. The van der Waals surface area contributed by atoms with Crippen LogP contribution in [0.15, 0.2) is 42.6 Å². The molecule has 0 aliphatic heterocycles. The second-order valence-electron chi connectivity index (χ2n) is 5.84. The van der Waals surface area contributed by atoms with Crippen molar-refractivity contribution >= 4 is 45.9 Å². The molecule has 0 spiro atoms. The lowest BCUT2D eigenvalue weighted by atomic mass is 10.1. The van der Waals surface area contributed by atoms with Crippen molar-refractivity contribution in [1.82, 2.24) is 4.98 Å². The molecule has 3 aromatic rings. The van der Waals surface area contributed by atoms with Gasteiger partial charge in [0.2, 0.25) is 5.78 Å². The SMILES string of the molecule is CCc1cccc2c(C(=O)COC(=O)COc3ccc(Cl)cc3Cl)c[nH]c12. The summed E-state index contributed by atoms with van der Waals surface area (Å²) in [5, 5.41) is 1.57. The summed E-state index contributed by atoms with van der Waals surface area (Å²) in [4.78, 5) is 27.4. The molecule has 140 valence electrons.